The van der Waals surface area contributed by atoms with Crippen LogP contribution in [0.2, 0.25) is 0 Å². The van der Waals surface area contributed by atoms with Crippen molar-refractivity contribution in [2.75, 3.05) is 13.2 Å². The van der Waals surface area contributed by atoms with Crippen LogP contribution in [0.15, 0.2) is 24.3 Å². The van der Waals surface area contributed by atoms with E-state index in [0.717, 1.165) is 12.1 Å². The largest absolute Gasteiger partial charge is 0.416 e. The van der Waals surface area contributed by atoms with Gasteiger partial charge in [0.15, 0.2) is 0 Å². The van der Waals surface area contributed by atoms with E-state index in [1.165, 1.54) is 24.8 Å². The van der Waals surface area contributed by atoms with Crippen molar-refractivity contribution in [3.8, 4) is 6.07 Å². The minimum absolute atomic E-state index is 0.117. The molecule has 1 aromatic rings. The summed E-state index contributed by atoms with van der Waals surface area (Å²) >= 11 is 0. The summed E-state index contributed by atoms with van der Waals surface area (Å²) in [5.74, 6) is -0.349. The third kappa shape index (κ3) is 3.70. The highest BCUT2D eigenvalue weighted by Crippen LogP contribution is 2.33. The van der Waals surface area contributed by atoms with Crippen molar-refractivity contribution in [2.24, 2.45) is 5.41 Å². The van der Waals surface area contributed by atoms with Gasteiger partial charge in [-0.05, 0) is 38.5 Å². The van der Waals surface area contributed by atoms with Gasteiger partial charge in [-0.1, -0.05) is 12.1 Å². The van der Waals surface area contributed by atoms with Crippen molar-refractivity contribution in [2.45, 2.75) is 39.1 Å². The van der Waals surface area contributed by atoms with Gasteiger partial charge >= 0.3 is 6.18 Å². The smallest absolute Gasteiger partial charge is 0.370 e. The van der Waals surface area contributed by atoms with Gasteiger partial charge in [0.2, 0.25) is 5.91 Å². The first-order valence-electron chi connectivity index (χ1n) is 7.57. The van der Waals surface area contributed by atoms with Crippen LogP contribution in [0.5, 0.6) is 0 Å². The molecule has 0 radical (unpaired) electrons. The van der Waals surface area contributed by atoms with Crippen LogP contribution in [-0.2, 0) is 15.7 Å². The second-order valence-electron chi connectivity index (χ2n) is 6.49. The average molecular weight is 340 g/mol. The predicted molar refractivity (Wildman–Crippen MR) is 80.7 cm³/mol. The molecule has 1 fully saturated rings. The lowest BCUT2D eigenvalue weighted by Crippen LogP contribution is -2.52. The summed E-state index contributed by atoms with van der Waals surface area (Å²) in [5.41, 5.74) is -1.58. The third-order valence-corrected chi connectivity index (χ3v) is 4.09. The maximum atomic E-state index is 12.9. The molecule has 0 aliphatic carbocycles. The Morgan fingerprint density at radius 1 is 1.38 bits per heavy atom. The molecule has 24 heavy (non-hydrogen) atoms. The molecule has 1 heterocycles. The molecule has 0 spiro atoms. The molecule has 2 rings (SSSR count). The molecule has 1 aliphatic heterocycles. The minimum atomic E-state index is -4.43. The molecule has 1 aromatic carbocycles. The molecule has 4 nitrogen and oxygen atoms in total. The Bertz CT molecular complexity index is 665. The van der Waals surface area contributed by atoms with Crippen molar-refractivity contribution in [1.29, 1.82) is 5.26 Å². The number of nitriles is 1. The van der Waals surface area contributed by atoms with E-state index in [9.17, 15) is 18.0 Å². The lowest BCUT2D eigenvalue weighted by atomic mass is 9.92. The Morgan fingerprint density at radius 3 is 2.62 bits per heavy atom. The summed E-state index contributed by atoms with van der Waals surface area (Å²) in [6.07, 6.45) is -5.09. The zero-order chi connectivity index (χ0) is 18.1. The maximum Gasteiger partial charge on any atom is 0.416 e. The number of amides is 1. The molecule has 130 valence electrons. The van der Waals surface area contributed by atoms with Gasteiger partial charge in [0, 0.05) is 0 Å². The van der Waals surface area contributed by atoms with Crippen LogP contribution in [0, 0.1) is 16.7 Å². The second kappa shape index (κ2) is 6.44. The number of nitrogens with zero attached hydrogens (tertiary/aromatic N) is 2. The van der Waals surface area contributed by atoms with E-state index >= 15 is 0 Å². The van der Waals surface area contributed by atoms with Crippen molar-refractivity contribution < 1.29 is 22.7 Å². The summed E-state index contributed by atoms with van der Waals surface area (Å²) in [6, 6.07) is 6.63. The summed E-state index contributed by atoms with van der Waals surface area (Å²) in [7, 11) is 0. The first-order valence-corrected chi connectivity index (χ1v) is 7.57. The molecule has 1 saturated heterocycles. The number of halogens is 3. The number of benzene rings is 1. The highest BCUT2D eigenvalue weighted by molar-refractivity contribution is 5.85. The number of rotatable bonds is 2. The Hall–Kier alpha value is -2.07. The van der Waals surface area contributed by atoms with E-state index < -0.39 is 23.3 Å². The van der Waals surface area contributed by atoms with E-state index in [1.807, 2.05) is 6.07 Å². The molecule has 2 atom stereocenters. The number of carbonyl (C=O) groups is 1. The molecule has 0 saturated carbocycles. The number of morpholine rings is 1. The first kappa shape index (κ1) is 18.3. The predicted octanol–water partition coefficient (Wildman–Crippen LogP) is 3.54. The van der Waals surface area contributed by atoms with Crippen molar-refractivity contribution in [3.05, 3.63) is 35.4 Å². The Balaban J connectivity index is 2.25. The molecule has 1 aliphatic rings. The van der Waals surface area contributed by atoms with Gasteiger partial charge in [0.1, 0.15) is 11.5 Å². The fourth-order valence-corrected chi connectivity index (χ4v) is 2.56. The van der Waals surface area contributed by atoms with E-state index in [-0.39, 0.29) is 25.1 Å². The lowest BCUT2D eigenvalue weighted by Gasteiger charge is -2.40. The van der Waals surface area contributed by atoms with Crippen LogP contribution in [0.4, 0.5) is 13.2 Å². The SMILES string of the molecule is C[C@@H]1CO[C@@H](c2cccc(C(F)(F)F)c2)CN1C(=O)C(C)(C)C#N. The van der Waals surface area contributed by atoms with E-state index in [0.29, 0.717) is 5.56 Å². The van der Waals surface area contributed by atoms with Gasteiger partial charge in [-0.3, -0.25) is 4.79 Å². The molecule has 7 heteroatoms. The molecule has 0 unspecified atom stereocenters. The van der Waals surface area contributed by atoms with Gasteiger partial charge in [-0.25, -0.2) is 0 Å². The normalized spacial score (nSPS) is 22.1. The van der Waals surface area contributed by atoms with Crippen LogP contribution in [0.3, 0.4) is 0 Å². The number of hydrogen-bond donors (Lipinski definition) is 0. The lowest BCUT2D eigenvalue weighted by molar-refractivity contribution is -0.151. The number of hydrogen-bond acceptors (Lipinski definition) is 3. The second-order valence-corrected chi connectivity index (χ2v) is 6.49. The zero-order valence-corrected chi connectivity index (χ0v) is 13.7. The van der Waals surface area contributed by atoms with Crippen LogP contribution in [0.25, 0.3) is 0 Å². The van der Waals surface area contributed by atoms with Crippen LogP contribution in [0.1, 0.15) is 38.0 Å². The fraction of sp³-hybridized carbons (Fsp3) is 0.529. The van der Waals surface area contributed by atoms with Gasteiger partial charge in [0.25, 0.3) is 0 Å². The quantitative estimate of drug-likeness (QED) is 0.827. The Labute approximate surface area is 138 Å². The van der Waals surface area contributed by atoms with E-state index in [2.05, 4.69) is 0 Å². The molecule has 0 bridgehead atoms. The van der Waals surface area contributed by atoms with Gasteiger partial charge in [-0.15, -0.1) is 0 Å². The van der Waals surface area contributed by atoms with Crippen LogP contribution < -0.4 is 0 Å². The topological polar surface area (TPSA) is 53.3 Å². The van der Waals surface area contributed by atoms with Crippen molar-refractivity contribution in [3.63, 3.8) is 0 Å². The monoisotopic (exact) mass is 340 g/mol. The van der Waals surface area contributed by atoms with Crippen molar-refractivity contribution in [1.82, 2.24) is 4.90 Å². The number of carbonyl (C=O) groups excluding carboxylic acids is 1. The summed E-state index contributed by atoms with van der Waals surface area (Å²) < 4.78 is 44.2. The summed E-state index contributed by atoms with van der Waals surface area (Å²) in [4.78, 5) is 14.0. The van der Waals surface area contributed by atoms with Crippen molar-refractivity contribution >= 4 is 5.91 Å². The van der Waals surface area contributed by atoms with Gasteiger partial charge < -0.3 is 9.64 Å². The maximum absolute atomic E-state index is 12.9. The first-order chi connectivity index (χ1) is 11.1. The highest BCUT2D eigenvalue weighted by Gasteiger charge is 2.39. The third-order valence-electron chi connectivity index (χ3n) is 4.09. The zero-order valence-electron chi connectivity index (χ0n) is 13.7. The number of ether oxygens (including phenoxy) is 1. The molecular weight excluding hydrogens is 321 g/mol. The average Bonchev–Trinajstić information content (AvgIpc) is 2.54. The minimum Gasteiger partial charge on any atom is -0.370 e. The van der Waals surface area contributed by atoms with Gasteiger partial charge in [-0.2, -0.15) is 18.4 Å². The highest BCUT2D eigenvalue weighted by atomic mass is 19.4. The molecule has 0 N–H and O–H groups in total. The van der Waals surface area contributed by atoms with E-state index in [4.69, 9.17) is 10.00 Å². The molecular formula is C17H19F3N2O2. The Kier molecular flexibility index (Phi) is 4.90. The summed E-state index contributed by atoms with van der Waals surface area (Å²) in [5, 5.41) is 9.14. The van der Waals surface area contributed by atoms with E-state index in [1.54, 1.807) is 13.0 Å². The van der Waals surface area contributed by atoms with Crippen LogP contribution >= 0.6 is 0 Å². The summed E-state index contributed by atoms with van der Waals surface area (Å²) in [6.45, 7) is 5.15. The molecule has 1 amide bonds. The molecule has 0 aromatic heterocycles. The number of alkyl halides is 3. The van der Waals surface area contributed by atoms with Crippen LogP contribution in [-0.4, -0.2) is 30.0 Å². The standard InChI is InChI=1S/C17H19F3N2O2/c1-11-9-24-14(8-22(11)15(23)16(2,3)10-21)12-5-4-6-13(7-12)17(18,19)20/h4-7,11,14H,8-9H2,1-3H3/t11-,14-/m1/s1. The fourth-order valence-electron chi connectivity index (χ4n) is 2.56. The van der Waals surface area contributed by atoms with Gasteiger partial charge in [0.05, 0.1) is 30.8 Å². The Morgan fingerprint density at radius 2 is 2.04 bits per heavy atom.